The van der Waals surface area contributed by atoms with Gasteiger partial charge < -0.3 is 14.2 Å². The van der Waals surface area contributed by atoms with Gasteiger partial charge in [-0.3, -0.25) is 4.79 Å². The van der Waals surface area contributed by atoms with E-state index < -0.39 is 11.9 Å². The first-order valence-corrected chi connectivity index (χ1v) is 9.20. The fourth-order valence-corrected chi connectivity index (χ4v) is 2.72. The van der Waals surface area contributed by atoms with Gasteiger partial charge in [0.25, 0.3) is 0 Å². The van der Waals surface area contributed by atoms with Crippen LogP contribution in [0, 0.1) is 6.92 Å². The Labute approximate surface area is 174 Å². The van der Waals surface area contributed by atoms with E-state index in [-0.39, 0.29) is 18.1 Å². The summed E-state index contributed by atoms with van der Waals surface area (Å²) in [5, 5.41) is 0. The largest absolute Gasteiger partial charge is 0.497 e. The number of aryl methyl sites for hydroxylation is 1. The highest BCUT2D eigenvalue weighted by atomic mass is 16.5. The highest BCUT2D eigenvalue weighted by Gasteiger charge is 2.14. The zero-order valence-electron chi connectivity index (χ0n) is 16.6. The molecule has 0 atom stereocenters. The van der Waals surface area contributed by atoms with Gasteiger partial charge in [0.15, 0.2) is 12.4 Å². The predicted molar refractivity (Wildman–Crippen MR) is 110 cm³/mol. The number of ketones is 1. The number of carbonyl (C=O) groups is 3. The first kappa shape index (κ1) is 20.8. The number of hydrogen-bond acceptors (Lipinski definition) is 6. The Morgan fingerprint density at radius 3 is 2.20 bits per heavy atom. The van der Waals surface area contributed by atoms with Crippen molar-refractivity contribution in [3.05, 3.63) is 95.1 Å². The van der Waals surface area contributed by atoms with Gasteiger partial charge in [0, 0.05) is 5.56 Å². The molecule has 30 heavy (non-hydrogen) atoms. The summed E-state index contributed by atoms with van der Waals surface area (Å²) in [5.74, 6) is -0.616. The molecule has 0 amide bonds. The lowest BCUT2D eigenvalue weighted by atomic mass is 10.1. The maximum absolute atomic E-state index is 12.3. The molecule has 0 bridgehead atoms. The smallest absolute Gasteiger partial charge is 0.343 e. The topological polar surface area (TPSA) is 78.9 Å². The van der Waals surface area contributed by atoms with Gasteiger partial charge in [0.05, 0.1) is 18.2 Å². The monoisotopic (exact) mass is 404 g/mol. The van der Waals surface area contributed by atoms with Crippen LogP contribution in [0.25, 0.3) is 0 Å². The van der Waals surface area contributed by atoms with Crippen LogP contribution in [0.15, 0.2) is 72.8 Å². The van der Waals surface area contributed by atoms with E-state index in [1.165, 1.54) is 31.4 Å². The maximum Gasteiger partial charge on any atom is 0.343 e. The van der Waals surface area contributed by atoms with Gasteiger partial charge in [-0.05, 0) is 61.0 Å². The summed E-state index contributed by atoms with van der Waals surface area (Å²) in [5.41, 5.74) is 1.88. The van der Waals surface area contributed by atoms with Crippen LogP contribution in [0.5, 0.6) is 11.5 Å². The molecule has 0 N–H and O–H groups in total. The average Bonchev–Trinajstić information content (AvgIpc) is 2.78. The SMILES string of the molecule is COc1cccc(C(=O)Oc2ccc(C(=O)COC(=O)c3ccccc3C)cc2)c1. The Balaban J connectivity index is 1.58. The van der Waals surface area contributed by atoms with E-state index in [1.54, 1.807) is 49.4 Å². The lowest BCUT2D eigenvalue weighted by Crippen LogP contribution is -2.15. The molecule has 0 aliphatic rings. The number of Topliss-reactive ketones (excluding diaryl/α,β-unsaturated/α-hetero) is 1. The third-order valence-corrected chi connectivity index (χ3v) is 4.39. The average molecular weight is 404 g/mol. The van der Waals surface area contributed by atoms with E-state index in [9.17, 15) is 14.4 Å². The van der Waals surface area contributed by atoms with Crippen molar-refractivity contribution in [2.45, 2.75) is 6.92 Å². The maximum atomic E-state index is 12.3. The normalized spacial score (nSPS) is 10.2. The summed E-state index contributed by atoms with van der Waals surface area (Å²) in [6, 6.07) is 19.6. The molecular weight excluding hydrogens is 384 g/mol. The van der Waals surface area contributed by atoms with Crippen molar-refractivity contribution in [2.24, 2.45) is 0 Å². The fraction of sp³-hybridized carbons (Fsp3) is 0.125. The number of esters is 2. The molecule has 152 valence electrons. The molecule has 0 unspecified atom stereocenters. The zero-order chi connectivity index (χ0) is 21.5. The van der Waals surface area contributed by atoms with E-state index in [0.717, 1.165) is 5.56 Å². The molecule has 0 radical (unpaired) electrons. The molecule has 3 rings (SSSR count). The first-order valence-electron chi connectivity index (χ1n) is 9.20. The van der Waals surface area contributed by atoms with E-state index in [2.05, 4.69) is 0 Å². The number of hydrogen-bond donors (Lipinski definition) is 0. The van der Waals surface area contributed by atoms with Crippen LogP contribution in [0.2, 0.25) is 0 Å². The van der Waals surface area contributed by atoms with Gasteiger partial charge in [0.1, 0.15) is 11.5 Å². The molecule has 6 nitrogen and oxygen atoms in total. The molecule has 0 saturated heterocycles. The van der Waals surface area contributed by atoms with Crippen LogP contribution in [-0.4, -0.2) is 31.4 Å². The molecule has 0 spiro atoms. The standard InChI is InChI=1S/C24H20O6/c1-16-6-3-4-9-21(16)24(27)29-15-22(25)17-10-12-19(13-11-17)30-23(26)18-7-5-8-20(14-18)28-2/h3-14H,15H2,1-2H3. The zero-order valence-corrected chi connectivity index (χ0v) is 16.6. The Morgan fingerprint density at radius 1 is 0.767 bits per heavy atom. The van der Waals surface area contributed by atoms with Gasteiger partial charge in [-0.1, -0.05) is 24.3 Å². The predicted octanol–water partition coefficient (Wildman–Crippen LogP) is 4.26. The minimum atomic E-state index is -0.551. The molecule has 0 aromatic heterocycles. The van der Waals surface area contributed by atoms with Gasteiger partial charge in [0.2, 0.25) is 0 Å². The summed E-state index contributed by atoms with van der Waals surface area (Å²) < 4.78 is 15.5. The van der Waals surface area contributed by atoms with Crippen molar-refractivity contribution in [1.29, 1.82) is 0 Å². The molecule has 0 aliphatic heterocycles. The summed E-state index contributed by atoms with van der Waals surface area (Å²) in [7, 11) is 1.51. The Bertz CT molecular complexity index is 1070. The van der Waals surface area contributed by atoms with E-state index in [0.29, 0.717) is 22.4 Å². The van der Waals surface area contributed by atoms with E-state index in [4.69, 9.17) is 14.2 Å². The van der Waals surface area contributed by atoms with Crippen LogP contribution in [-0.2, 0) is 4.74 Å². The Hall–Kier alpha value is -3.93. The lowest BCUT2D eigenvalue weighted by molar-refractivity contribution is 0.0474. The molecule has 3 aromatic carbocycles. The Kier molecular flexibility index (Phi) is 6.60. The van der Waals surface area contributed by atoms with Crippen molar-refractivity contribution >= 4 is 17.7 Å². The molecule has 3 aromatic rings. The summed E-state index contributed by atoms with van der Waals surface area (Å²) in [4.78, 5) is 36.6. The minimum absolute atomic E-state index is 0.288. The summed E-state index contributed by atoms with van der Waals surface area (Å²) in [6.45, 7) is 1.42. The summed E-state index contributed by atoms with van der Waals surface area (Å²) in [6.07, 6.45) is 0. The highest BCUT2D eigenvalue weighted by molar-refractivity contribution is 5.99. The number of benzene rings is 3. The molecular formula is C24H20O6. The lowest BCUT2D eigenvalue weighted by Gasteiger charge is -2.08. The number of rotatable bonds is 7. The number of methoxy groups -OCH3 is 1. The van der Waals surface area contributed by atoms with Crippen molar-refractivity contribution in [3.63, 3.8) is 0 Å². The van der Waals surface area contributed by atoms with E-state index >= 15 is 0 Å². The van der Waals surface area contributed by atoms with Crippen molar-refractivity contribution in [2.75, 3.05) is 13.7 Å². The third kappa shape index (κ3) is 5.11. The Morgan fingerprint density at radius 2 is 1.50 bits per heavy atom. The van der Waals surface area contributed by atoms with Crippen LogP contribution in [0.1, 0.15) is 36.6 Å². The van der Waals surface area contributed by atoms with Crippen LogP contribution < -0.4 is 9.47 Å². The van der Waals surface area contributed by atoms with Crippen LogP contribution in [0.3, 0.4) is 0 Å². The number of ether oxygens (including phenoxy) is 3. The molecule has 0 aliphatic carbocycles. The van der Waals surface area contributed by atoms with Gasteiger partial charge in [-0.2, -0.15) is 0 Å². The third-order valence-electron chi connectivity index (χ3n) is 4.39. The van der Waals surface area contributed by atoms with Crippen molar-refractivity contribution < 1.29 is 28.6 Å². The molecule has 0 saturated carbocycles. The quantitative estimate of drug-likeness (QED) is 0.333. The second-order valence-corrected chi connectivity index (χ2v) is 6.46. The number of carbonyl (C=O) groups excluding carboxylic acids is 3. The molecule has 0 fully saturated rings. The molecule has 0 heterocycles. The minimum Gasteiger partial charge on any atom is -0.497 e. The van der Waals surface area contributed by atoms with Crippen LogP contribution in [0.4, 0.5) is 0 Å². The van der Waals surface area contributed by atoms with Crippen LogP contribution >= 0.6 is 0 Å². The van der Waals surface area contributed by atoms with Crippen molar-refractivity contribution in [3.8, 4) is 11.5 Å². The van der Waals surface area contributed by atoms with E-state index in [1.807, 2.05) is 6.07 Å². The summed E-state index contributed by atoms with van der Waals surface area (Å²) >= 11 is 0. The van der Waals surface area contributed by atoms with Gasteiger partial charge in [-0.15, -0.1) is 0 Å². The highest BCUT2D eigenvalue weighted by Crippen LogP contribution is 2.18. The fourth-order valence-electron chi connectivity index (χ4n) is 2.72. The molecule has 6 heteroatoms. The van der Waals surface area contributed by atoms with Crippen molar-refractivity contribution in [1.82, 2.24) is 0 Å². The van der Waals surface area contributed by atoms with Gasteiger partial charge >= 0.3 is 11.9 Å². The second kappa shape index (κ2) is 9.52. The van der Waals surface area contributed by atoms with Gasteiger partial charge in [-0.25, -0.2) is 9.59 Å². The second-order valence-electron chi connectivity index (χ2n) is 6.46. The first-order chi connectivity index (χ1) is 14.5.